The molecule has 108 valence electrons. The molecular formula is C17H16FNO2. The van der Waals surface area contributed by atoms with Crippen molar-refractivity contribution < 1.29 is 14.3 Å². The molecule has 3 rings (SSSR count). The molecule has 0 saturated heterocycles. The molecule has 0 amide bonds. The van der Waals surface area contributed by atoms with Gasteiger partial charge in [0.15, 0.2) is 0 Å². The SMILES string of the molecule is O=C(O)c1ccc(CNc2ccc3c(c2)CCC3)cc1F. The first-order valence-corrected chi connectivity index (χ1v) is 7.01. The highest BCUT2D eigenvalue weighted by molar-refractivity contribution is 5.87. The van der Waals surface area contributed by atoms with Gasteiger partial charge in [0.25, 0.3) is 0 Å². The molecule has 0 atom stereocenters. The number of rotatable bonds is 4. The molecule has 0 heterocycles. The molecule has 0 bridgehead atoms. The Morgan fingerprint density at radius 3 is 2.71 bits per heavy atom. The Hall–Kier alpha value is -2.36. The molecule has 2 aromatic rings. The third kappa shape index (κ3) is 2.89. The van der Waals surface area contributed by atoms with E-state index < -0.39 is 11.8 Å². The maximum Gasteiger partial charge on any atom is 0.338 e. The molecule has 2 aromatic carbocycles. The molecule has 0 fully saturated rings. The van der Waals surface area contributed by atoms with Gasteiger partial charge in [0.1, 0.15) is 5.82 Å². The summed E-state index contributed by atoms with van der Waals surface area (Å²) >= 11 is 0. The van der Waals surface area contributed by atoms with E-state index in [1.54, 1.807) is 6.07 Å². The van der Waals surface area contributed by atoms with Gasteiger partial charge >= 0.3 is 5.97 Å². The Labute approximate surface area is 122 Å². The number of carboxylic acids is 1. The van der Waals surface area contributed by atoms with Gasteiger partial charge in [0.2, 0.25) is 0 Å². The molecular weight excluding hydrogens is 269 g/mol. The second-order valence-corrected chi connectivity index (χ2v) is 5.31. The highest BCUT2D eigenvalue weighted by atomic mass is 19.1. The van der Waals surface area contributed by atoms with Gasteiger partial charge in [-0.1, -0.05) is 12.1 Å². The number of nitrogens with one attached hydrogen (secondary N) is 1. The molecule has 0 radical (unpaired) electrons. The van der Waals surface area contributed by atoms with E-state index in [1.165, 1.54) is 29.7 Å². The smallest absolute Gasteiger partial charge is 0.338 e. The zero-order valence-electron chi connectivity index (χ0n) is 11.5. The van der Waals surface area contributed by atoms with E-state index in [1.807, 2.05) is 6.07 Å². The molecule has 0 saturated carbocycles. The second kappa shape index (κ2) is 5.56. The fourth-order valence-electron chi connectivity index (χ4n) is 2.73. The van der Waals surface area contributed by atoms with Crippen molar-refractivity contribution in [2.24, 2.45) is 0 Å². The van der Waals surface area contributed by atoms with E-state index >= 15 is 0 Å². The summed E-state index contributed by atoms with van der Waals surface area (Å²) in [6.45, 7) is 0.468. The lowest BCUT2D eigenvalue weighted by molar-refractivity contribution is 0.0692. The van der Waals surface area contributed by atoms with Crippen LogP contribution in [0.15, 0.2) is 36.4 Å². The van der Waals surface area contributed by atoms with Crippen molar-refractivity contribution >= 4 is 11.7 Å². The number of carboxylic acid groups (broad SMARTS) is 1. The van der Waals surface area contributed by atoms with Crippen LogP contribution in [0.2, 0.25) is 0 Å². The van der Waals surface area contributed by atoms with E-state index in [0.717, 1.165) is 24.1 Å². The number of carbonyl (C=O) groups is 1. The lowest BCUT2D eigenvalue weighted by atomic mass is 10.1. The summed E-state index contributed by atoms with van der Waals surface area (Å²) in [6, 6.07) is 10.5. The number of hydrogen-bond donors (Lipinski definition) is 2. The molecule has 0 aromatic heterocycles. The van der Waals surface area contributed by atoms with E-state index in [-0.39, 0.29) is 5.56 Å². The lowest BCUT2D eigenvalue weighted by Crippen LogP contribution is -2.04. The normalized spacial score (nSPS) is 13.0. The summed E-state index contributed by atoms with van der Waals surface area (Å²) in [5.74, 6) is -1.94. The standard InChI is InChI=1S/C17H16FNO2/c18-16-8-11(4-7-15(16)17(20)21)10-19-14-6-5-12-2-1-3-13(12)9-14/h4-9,19H,1-3,10H2,(H,20,21). The van der Waals surface area contributed by atoms with Crippen molar-refractivity contribution in [1.82, 2.24) is 0 Å². The Kier molecular flexibility index (Phi) is 3.60. The van der Waals surface area contributed by atoms with E-state index in [9.17, 15) is 9.18 Å². The van der Waals surface area contributed by atoms with Gasteiger partial charge in [-0.05, 0) is 60.2 Å². The van der Waals surface area contributed by atoms with Crippen LogP contribution in [0.25, 0.3) is 0 Å². The molecule has 0 spiro atoms. The average molecular weight is 285 g/mol. The van der Waals surface area contributed by atoms with Gasteiger partial charge in [-0.3, -0.25) is 0 Å². The summed E-state index contributed by atoms with van der Waals surface area (Å²) in [7, 11) is 0. The van der Waals surface area contributed by atoms with Crippen LogP contribution >= 0.6 is 0 Å². The third-order valence-corrected chi connectivity index (χ3v) is 3.86. The van der Waals surface area contributed by atoms with Crippen LogP contribution in [0.4, 0.5) is 10.1 Å². The number of hydrogen-bond acceptors (Lipinski definition) is 2. The Morgan fingerprint density at radius 2 is 1.95 bits per heavy atom. The first kappa shape index (κ1) is 13.6. The van der Waals surface area contributed by atoms with Crippen molar-refractivity contribution in [3.05, 3.63) is 64.5 Å². The Balaban J connectivity index is 1.70. The molecule has 3 nitrogen and oxygen atoms in total. The van der Waals surface area contributed by atoms with Gasteiger partial charge in [-0.2, -0.15) is 0 Å². The van der Waals surface area contributed by atoms with Crippen molar-refractivity contribution in [1.29, 1.82) is 0 Å². The number of aryl methyl sites for hydroxylation is 2. The van der Waals surface area contributed by atoms with Crippen LogP contribution in [0.1, 0.15) is 33.5 Å². The van der Waals surface area contributed by atoms with Gasteiger partial charge in [0.05, 0.1) is 5.56 Å². The van der Waals surface area contributed by atoms with Gasteiger partial charge in [0, 0.05) is 12.2 Å². The summed E-state index contributed by atoms with van der Waals surface area (Å²) < 4.78 is 13.6. The molecule has 2 N–H and O–H groups in total. The van der Waals surface area contributed by atoms with Crippen LogP contribution < -0.4 is 5.32 Å². The number of halogens is 1. The average Bonchev–Trinajstić information content (AvgIpc) is 2.92. The molecule has 1 aliphatic rings. The van der Waals surface area contributed by atoms with Crippen LogP contribution in [-0.4, -0.2) is 11.1 Å². The van der Waals surface area contributed by atoms with E-state index in [0.29, 0.717) is 6.54 Å². The number of fused-ring (bicyclic) bond motifs is 1. The first-order valence-electron chi connectivity index (χ1n) is 7.01. The monoisotopic (exact) mass is 285 g/mol. The number of benzene rings is 2. The number of aromatic carboxylic acids is 1. The Morgan fingerprint density at radius 1 is 1.14 bits per heavy atom. The fourth-order valence-corrected chi connectivity index (χ4v) is 2.73. The number of anilines is 1. The summed E-state index contributed by atoms with van der Waals surface area (Å²) in [5, 5.41) is 12.1. The fraction of sp³-hybridized carbons (Fsp3) is 0.235. The van der Waals surface area contributed by atoms with Crippen molar-refractivity contribution in [3.8, 4) is 0 Å². The predicted molar refractivity (Wildman–Crippen MR) is 79.2 cm³/mol. The largest absolute Gasteiger partial charge is 0.478 e. The van der Waals surface area contributed by atoms with E-state index in [2.05, 4.69) is 17.4 Å². The van der Waals surface area contributed by atoms with Crippen LogP contribution in [0, 0.1) is 5.82 Å². The van der Waals surface area contributed by atoms with Crippen LogP contribution in [0.3, 0.4) is 0 Å². The topological polar surface area (TPSA) is 49.3 Å². The van der Waals surface area contributed by atoms with E-state index in [4.69, 9.17) is 5.11 Å². The van der Waals surface area contributed by atoms with Crippen molar-refractivity contribution in [2.75, 3.05) is 5.32 Å². The maximum absolute atomic E-state index is 13.6. The molecule has 0 aliphatic heterocycles. The summed E-state index contributed by atoms with van der Waals surface area (Å²) in [4.78, 5) is 10.8. The third-order valence-electron chi connectivity index (χ3n) is 3.86. The zero-order valence-corrected chi connectivity index (χ0v) is 11.5. The van der Waals surface area contributed by atoms with Gasteiger partial charge < -0.3 is 10.4 Å². The summed E-state index contributed by atoms with van der Waals surface area (Å²) in [6.07, 6.45) is 3.48. The minimum atomic E-state index is -1.24. The molecule has 21 heavy (non-hydrogen) atoms. The van der Waals surface area contributed by atoms with Crippen LogP contribution in [0.5, 0.6) is 0 Å². The zero-order chi connectivity index (χ0) is 14.8. The molecule has 0 unspecified atom stereocenters. The van der Waals surface area contributed by atoms with Gasteiger partial charge in [-0.25, -0.2) is 9.18 Å². The minimum absolute atomic E-state index is 0.295. The van der Waals surface area contributed by atoms with Crippen molar-refractivity contribution in [2.45, 2.75) is 25.8 Å². The lowest BCUT2D eigenvalue weighted by Gasteiger charge is -2.09. The van der Waals surface area contributed by atoms with Crippen molar-refractivity contribution in [3.63, 3.8) is 0 Å². The summed E-state index contributed by atoms with van der Waals surface area (Å²) in [5.41, 5.74) is 4.23. The Bertz CT molecular complexity index is 697. The predicted octanol–water partition coefficient (Wildman–Crippen LogP) is 3.62. The minimum Gasteiger partial charge on any atom is -0.478 e. The molecule has 1 aliphatic carbocycles. The first-order chi connectivity index (χ1) is 10.1. The molecule has 4 heteroatoms. The quantitative estimate of drug-likeness (QED) is 0.902. The maximum atomic E-state index is 13.6. The van der Waals surface area contributed by atoms with Crippen LogP contribution in [-0.2, 0) is 19.4 Å². The second-order valence-electron chi connectivity index (χ2n) is 5.31. The van der Waals surface area contributed by atoms with Gasteiger partial charge in [-0.15, -0.1) is 0 Å². The highest BCUT2D eigenvalue weighted by Gasteiger charge is 2.12. The highest BCUT2D eigenvalue weighted by Crippen LogP contribution is 2.25.